The van der Waals surface area contributed by atoms with Gasteiger partial charge in [0.15, 0.2) is 5.58 Å². The van der Waals surface area contributed by atoms with Gasteiger partial charge >= 0.3 is 0 Å². The molecule has 51 heavy (non-hydrogen) atoms. The first-order valence-electron chi connectivity index (χ1n) is 17.3. The van der Waals surface area contributed by atoms with E-state index in [1.54, 1.807) is 0 Å². The van der Waals surface area contributed by atoms with E-state index in [0.717, 1.165) is 88.8 Å². The molecule has 3 nitrogen and oxygen atoms in total. The van der Waals surface area contributed by atoms with Crippen LogP contribution in [0.1, 0.15) is 0 Å². The smallest absolute Gasteiger partial charge is 0.159 e. The Balaban J connectivity index is 1.31. The second-order valence-electron chi connectivity index (χ2n) is 12.8. The van der Waals surface area contributed by atoms with Crippen molar-refractivity contribution < 1.29 is 8.83 Å². The van der Waals surface area contributed by atoms with Crippen molar-refractivity contribution in [3.05, 3.63) is 188 Å². The van der Waals surface area contributed by atoms with Crippen LogP contribution in [-0.2, 0) is 0 Å². The zero-order valence-electron chi connectivity index (χ0n) is 27.7. The van der Waals surface area contributed by atoms with Crippen LogP contribution in [0.4, 0.5) is 17.1 Å². The number of rotatable bonds is 6. The van der Waals surface area contributed by atoms with Gasteiger partial charge in [0.05, 0.1) is 11.4 Å². The third kappa shape index (κ3) is 4.82. The summed E-state index contributed by atoms with van der Waals surface area (Å²) in [5.74, 6) is 0. The predicted molar refractivity (Wildman–Crippen MR) is 212 cm³/mol. The van der Waals surface area contributed by atoms with Crippen LogP contribution in [0.15, 0.2) is 197 Å². The Morgan fingerprint density at radius 1 is 0.333 bits per heavy atom. The highest BCUT2D eigenvalue weighted by atomic mass is 16.3. The summed E-state index contributed by atoms with van der Waals surface area (Å²) in [5.41, 5.74) is 13.3. The number of para-hydroxylation sites is 3. The van der Waals surface area contributed by atoms with Crippen molar-refractivity contribution in [3.8, 4) is 33.4 Å². The van der Waals surface area contributed by atoms with Gasteiger partial charge in [-0.1, -0.05) is 146 Å². The number of anilines is 3. The topological polar surface area (TPSA) is 29.5 Å². The van der Waals surface area contributed by atoms with Crippen molar-refractivity contribution in [2.75, 3.05) is 4.90 Å². The van der Waals surface area contributed by atoms with Gasteiger partial charge in [-0.25, -0.2) is 0 Å². The van der Waals surface area contributed by atoms with E-state index in [4.69, 9.17) is 8.83 Å². The summed E-state index contributed by atoms with van der Waals surface area (Å²) in [6, 6.07) is 66.1. The van der Waals surface area contributed by atoms with Crippen LogP contribution < -0.4 is 4.90 Å². The van der Waals surface area contributed by atoms with E-state index < -0.39 is 0 Å². The van der Waals surface area contributed by atoms with Crippen LogP contribution in [0, 0.1) is 0 Å². The van der Waals surface area contributed by atoms with Crippen molar-refractivity contribution in [2.45, 2.75) is 0 Å². The van der Waals surface area contributed by atoms with Gasteiger partial charge in [-0.15, -0.1) is 0 Å². The van der Waals surface area contributed by atoms with Gasteiger partial charge in [0.25, 0.3) is 0 Å². The summed E-state index contributed by atoms with van der Waals surface area (Å²) in [7, 11) is 0. The Morgan fingerprint density at radius 2 is 0.882 bits per heavy atom. The molecule has 0 saturated carbocycles. The van der Waals surface area contributed by atoms with Gasteiger partial charge in [0.2, 0.25) is 0 Å². The normalized spacial score (nSPS) is 11.5. The number of nitrogens with zero attached hydrogens (tertiary/aromatic N) is 1. The fourth-order valence-electron chi connectivity index (χ4n) is 7.60. The Morgan fingerprint density at radius 3 is 1.67 bits per heavy atom. The SMILES string of the molecule is c1ccc(-c2ccc(N(c3cccc(-c4ccccc4)c3-c3cccc4oc5ccccc5c34)c3cccc4c3oc3ccccc34)cc2)cc1. The minimum absolute atomic E-state index is 0.842. The summed E-state index contributed by atoms with van der Waals surface area (Å²) < 4.78 is 13.2. The molecule has 3 heteroatoms. The zero-order chi connectivity index (χ0) is 33.7. The molecule has 2 heterocycles. The third-order valence-electron chi connectivity index (χ3n) is 9.90. The summed E-state index contributed by atoms with van der Waals surface area (Å²) in [5, 5.41) is 4.37. The average Bonchev–Trinajstić information content (AvgIpc) is 3.78. The molecular weight excluding hydrogens is 623 g/mol. The van der Waals surface area contributed by atoms with Crippen LogP contribution in [0.2, 0.25) is 0 Å². The lowest BCUT2D eigenvalue weighted by molar-refractivity contribution is 0.668. The van der Waals surface area contributed by atoms with E-state index in [1.165, 1.54) is 5.56 Å². The van der Waals surface area contributed by atoms with Crippen molar-refractivity contribution >= 4 is 60.9 Å². The molecule has 10 aromatic rings. The van der Waals surface area contributed by atoms with Crippen LogP contribution in [0.25, 0.3) is 77.3 Å². The van der Waals surface area contributed by atoms with Crippen molar-refractivity contribution in [3.63, 3.8) is 0 Å². The van der Waals surface area contributed by atoms with E-state index >= 15 is 0 Å². The first-order chi connectivity index (χ1) is 25.3. The monoisotopic (exact) mass is 653 g/mol. The maximum Gasteiger partial charge on any atom is 0.159 e. The standard InChI is InChI=1S/C48H31NO2/c1-3-14-32(15-4-1)33-28-30-35(31-29-33)49(42-24-12-21-38-37-18-7-9-25-43(37)51-48(38)42)41-23-11-20-36(34-16-5-2-6-17-34)46(41)40-22-13-27-45-47(40)39-19-8-10-26-44(39)50-45/h1-31H. The molecule has 0 spiro atoms. The summed E-state index contributed by atoms with van der Waals surface area (Å²) in [4.78, 5) is 2.36. The fraction of sp³-hybridized carbons (Fsp3) is 0. The fourth-order valence-corrected chi connectivity index (χ4v) is 7.60. The second-order valence-corrected chi connectivity index (χ2v) is 12.8. The van der Waals surface area contributed by atoms with Crippen LogP contribution in [0.5, 0.6) is 0 Å². The largest absolute Gasteiger partial charge is 0.456 e. The first-order valence-corrected chi connectivity index (χ1v) is 17.3. The third-order valence-corrected chi connectivity index (χ3v) is 9.90. The van der Waals surface area contributed by atoms with Crippen LogP contribution in [0.3, 0.4) is 0 Å². The molecule has 0 aliphatic rings. The lowest BCUT2D eigenvalue weighted by Gasteiger charge is -2.29. The molecule has 0 saturated heterocycles. The van der Waals surface area contributed by atoms with Gasteiger partial charge < -0.3 is 13.7 Å². The minimum atomic E-state index is 0.842. The quantitative estimate of drug-likeness (QED) is 0.179. The number of hydrogen-bond acceptors (Lipinski definition) is 3. The zero-order valence-corrected chi connectivity index (χ0v) is 27.7. The second kappa shape index (κ2) is 11.9. The molecule has 0 fully saturated rings. The van der Waals surface area contributed by atoms with Gasteiger partial charge in [0.1, 0.15) is 16.7 Å². The number of fused-ring (bicyclic) bond motifs is 6. The van der Waals surface area contributed by atoms with E-state index in [2.05, 4.69) is 169 Å². The van der Waals surface area contributed by atoms with E-state index in [-0.39, 0.29) is 0 Å². The molecule has 0 amide bonds. The molecule has 0 atom stereocenters. The summed E-state index contributed by atoms with van der Waals surface area (Å²) >= 11 is 0. The maximum atomic E-state index is 6.72. The molecule has 0 N–H and O–H groups in total. The lowest BCUT2D eigenvalue weighted by Crippen LogP contribution is -2.12. The molecule has 0 radical (unpaired) electrons. The Labute approximate surface area is 295 Å². The molecule has 8 aromatic carbocycles. The maximum absolute atomic E-state index is 6.72. The summed E-state index contributed by atoms with van der Waals surface area (Å²) in [6.45, 7) is 0. The molecule has 0 aliphatic carbocycles. The predicted octanol–water partition coefficient (Wildman–Crippen LogP) is 14.0. The van der Waals surface area contributed by atoms with Crippen molar-refractivity contribution in [1.82, 2.24) is 0 Å². The van der Waals surface area contributed by atoms with Gasteiger partial charge in [0, 0.05) is 32.8 Å². The van der Waals surface area contributed by atoms with E-state index in [1.807, 2.05) is 24.3 Å². The van der Waals surface area contributed by atoms with E-state index in [0.29, 0.717) is 0 Å². The highest BCUT2D eigenvalue weighted by molar-refractivity contribution is 6.17. The van der Waals surface area contributed by atoms with E-state index in [9.17, 15) is 0 Å². The number of furan rings is 2. The van der Waals surface area contributed by atoms with Crippen LogP contribution in [-0.4, -0.2) is 0 Å². The highest BCUT2D eigenvalue weighted by Gasteiger charge is 2.26. The van der Waals surface area contributed by atoms with Gasteiger partial charge in [-0.3, -0.25) is 0 Å². The molecule has 0 bridgehead atoms. The minimum Gasteiger partial charge on any atom is -0.456 e. The van der Waals surface area contributed by atoms with Crippen molar-refractivity contribution in [1.29, 1.82) is 0 Å². The molecule has 0 unspecified atom stereocenters. The Hall–Kier alpha value is -6.84. The first kappa shape index (κ1) is 29.1. The summed E-state index contributed by atoms with van der Waals surface area (Å²) in [6.07, 6.45) is 0. The van der Waals surface area contributed by atoms with Crippen molar-refractivity contribution in [2.24, 2.45) is 0 Å². The molecule has 10 rings (SSSR count). The van der Waals surface area contributed by atoms with Gasteiger partial charge in [-0.05, 0) is 70.3 Å². The van der Waals surface area contributed by atoms with Crippen LogP contribution >= 0.6 is 0 Å². The number of benzene rings is 8. The Bertz CT molecular complexity index is 2850. The lowest BCUT2D eigenvalue weighted by atomic mass is 9.89. The molecule has 240 valence electrons. The highest BCUT2D eigenvalue weighted by Crippen LogP contribution is 2.50. The number of hydrogen-bond donors (Lipinski definition) is 0. The van der Waals surface area contributed by atoms with Gasteiger partial charge in [-0.2, -0.15) is 0 Å². The average molecular weight is 654 g/mol. The molecular formula is C48H31NO2. The molecule has 0 aliphatic heterocycles. The Kier molecular flexibility index (Phi) is 6.81. The molecule has 2 aromatic heterocycles.